The molecule has 4 nitrogen and oxygen atoms in total. The fraction of sp³-hybridized carbons (Fsp3) is 0. The highest BCUT2D eigenvalue weighted by molar-refractivity contribution is 7.12. The molecule has 0 atom stereocenters. The van der Waals surface area contributed by atoms with E-state index in [2.05, 4.69) is 0 Å². The highest BCUT2D eigenvalue weighted by atomic mass is 35.5. The van der Waals surface area contributed by atoms with E-state index in [4.69, 9.17) is 32.4 Å². The van der Waals surface area contributed by atoms with E-state index < -0.39 is 11.4 Å². The summed E-state index contributed by atoms with van der Waals surface area (Å²) < 4.78 is 11.3. The van der Waals surface area contributed by atoms with E-state index >= 15 is 0 Å². The Bertz CT molecular complexity index is 1200. The van der Waals surface area contributed by atoms with Gasteiger partial charge in [-0.2, -0.15) is 0 Å². The summed E-state index contributed by atoms with van der Waals surface area (Å²) in [5, 5.41) is 2.89. The summed E-state index contributed by atoms with van der Waals surface area (Å²) in [5.74, 6) is -0.671. The zero-order valence-corrected chi connectivity index (χ0v) is 15.9. The Hall–Kier alpha value is -2.60. The molecule has 4 aromatic rings. The number of benzene rings is 2. The highest BCUT2D eigenvalue weighted by Crippen LogP contribution is 2.33. The first-order chi connectivity index (χ1) is 13.0. The minimum absolute atomic E-state index is 0.149. The molecule has 7 heteroatoms. The van der Waals surface area contributed by atoms with Gasteiger partial charge in [0.1, 0.15) is 10.5 Å². The maximum atomic E-state index is 13.0. The number of hydrogen-bond donors (Lipinski definition) is 0. The normalized spacial score (nSPS) is 10.9. The molecule has 0 aliphatic heterocycles. The predicted molar refractivity (Wildman–Crippen MR) is 107 cm³/mol. The quantitative estimate of drug-likeness (QED) is 0.381. The van der Waals surface area contributed by atoms with Crippen molar-refractivity contribution in [2.75, 3.05) is 0 Å². The van der Waals surface area contributed by atoms with Gasteiger partial charge < -0.3 is 9.15 Å². The summed E-state index contributed by atoms with van der Waals surface area (Å²) >= 11 is 13.2. The second kappa shape index (κ2) is 7.19. The van der Waals surface area contributed by atoms with Crippen LogP contribution >= 0.6 is 34.5 Å². The van der Waals surface area contributed by atoms with Crippen LogP contribution in [0.1, 0.15) is 9.67 Å². The lowest BCUT2D eigenvalue weighted by atomic mass is 10.1. The monoisotopic (exact) mass is 416 g/mol. The van der Waals surface area contributed by atoms with Crippen molar-refractivity contribution in [2.45, 2.75) is 0 Å². The zero-order valence-electron chi connectivity index (χ0n) is 13.6. The van der Waals surface area contributed by atoms with E-state index in [0.717, 1.165) is 0 Å². The highest BCUT2D eigenvalue weighted by Gasteiger charge is 2.22. The van der Waals surface area contributed by atoms with Crippen molar-refractivity contribution in [2.24, 2.45) is 0 Å². The van der Waals surface area contributed by atoms with Crippen LogP contribution in [-0.4, -0.2) is 5.97 Å². The molecule has 0 amide bonds. The minimum atomic E-state index is -0.631. The Balaban J connectivity index is 1.94. The summed E-state index contributed by atoms with van der Waals surface area (Å²) in [7, 11) is 0. The number of hydrogen-bond acceptors (Lipinski definition) is 5. The van der Waals surface area contributed by atoms with Crippen LogP contribution < -0.4 is 10.2 Å². The lowest BCUT2D eigenvalue weighted by Crippen LogP contribution is -2.15. The number of esters is 1. The Kier molecular flexibility index (Phi) is 4.74. The second-order valence-corrected chi connectivity index (χ2v) is 7.42. The first kappa shape index (κ1) is 17.8. The van der Waals surface area contributed by atoms with Gasteiger partial charge in [0.15, 0.2) is 5.76 Å². The predicted octanol–water partition coefficient (Wildman–Crippen LogP) is 6.05. The van der Waals surface area contributed by atoms with Crippen LogP contribution in [0.4, 0.5) is 0 Å². The van der Waals surface area contributed by atoms with Crippen LogP contribution in [-0.2, 0) is 0 Å². The maximum Gasteiger partial charge on any atom is 0.353 e. The third-order valence-corrected chi connectivity index (χ3v) is 5.17. The zero-order chi connectivity index (χ0) is 19.0. The molecule has 0 N–H and O–H groups in total. The number of carbonyl (C=O) groups excluding carboxylic acids is 1. The topological polar surface area (TPSA) is 56.5 Å². The van der Waals surface area contributed by atoms with Crippen molar-refractivity contribution in [3.63, 3.8) is 0 Å². The Morgan fingerprint density at radius 2 is 1.74 bits per heavy atom. The number of ether oxygens (including phenoxy) is 1. The van der Waals surface area contributed by atoms with Gasteiger partial charge in [-0.25, -0.2) is 4.79 Å². The second-order valence-electron chi connectivity index (χ2n) is 5.60. The maximum absolute atomic E-state index is 13.0. The van der Waals surface area contributed by atoms with Crippen molar-refractivity contribution in [3.8, 4) is 17.1 Å². The number of thiophene rings is 1. The van der Waals surface area contributed by atoms with Crippen molar-refractivity contribution in [3.05, 3.63) is 85.1 Å². The molecule has 0 unspecified atom stereocenters. The number of rotatable bonds is 3. The Labute approximate surface area is 167 Å². The van der Waals surface area contributed by atoms with Crippen molar-refractivity contribution in [1.82, 2.24) is 0 Å². The van der Waals surface area contributed by atoms with Crippen LogP contribution in [0.25, 0.3) is 22.3 Å². The molecule has 4 rings (SSSR count). The van der Waals surface area contributed by atoms with Crippen LogP contribution in [0.2, 0.25) is 10.0 Å². The molecule has 0 saturated carbocycles. The molecule has 0 saturated heterocycles. The van der Waals surface area contributed by atoms with Gasteiger partial charge in [-0.05, 0) is 53.9 Å². The molecule has 0 fully saturated rings. The Morgan fingerprint density at radius 1 is 1.00 bits per heavy atom. The third kappa shape index (κ3) is 3.49. The van der Waals surface area contributed by atoms with Gasteiger partial charge in [0, 0.05) is 15.6 Å². The molecule has 0 bridgehead atoms. The average molecular weight is 417 g/mol. The molecule has 2 aromatic carbocycles. The van der Waals surface area contributed by atoms with Crippen LogP contribution in [0, 0.1) is 0 Å². The van der Waals surface area contributed by atoms with E-state index in [1.165, 1.54) is 17.4 Å². The molecule has 0 radical (unpaired) electrons. The van der Waals surface area contributed by atoms with Crippen LogP contribution in [0.5, 0.6) is 5.75 Å². The summed E-state index contributed by atoms with van der Waals surface area (Å²) in [4.78, 5) is 25.8. The number of fused-ring (bicyclic) bond motifs is 1. The standard InChI is InChI=1S/C20H10Cl2O4S/c21-12-5-3-11(4-6-12)18-19(26-20(24)16-2-1-9-27-16)17(23)14-10-13(22)7-8-15(14)25-18/h1-10H. The van der Waals surface area contributed by atoms with Crippen LogP contribution in [0.15, 0.2) is 69.2 Å². The van der Waals surface area contributed by atoms with Gasteiger partial charge in [-0.3, -0.25) is 4.79 Å². The fourth-order valence-corrected chi connectivity index (χ4v) is 3.47. The van der Waals surface area contributed by atoms with Crippen molar-refractivity contribution >= 4 is 51.5 Å². The lowest BCUT2D eigenvalue weighted by molar-refractivity contribution is 0.0736. The van der Waals surface area contributed by atoms with Gasteiger partial charge in [0.25, 0.3) is 0 Å². The fourth-order valence-electron chi connectivity index (χ4n) is 2.57. The number of carbonyl (C=O) groups is 1. The molecule has 134 valence electrons. The van der Waals surface area contributed by atoms with Gasteiger partial charge in [-0.15, -0.1) is 11.3 Å². The summed E-state index contributed by atoms with van der Waals surface area (Å²) in [6, 6.07) is 14.7. The van der Waals surface area contributed by atoms with Gasteiger partial charge in [0.2, 0.25) is 11.2 Å². The largest absolute Gasteiger partial charge is 0.452 e. The Morgan fingerprint density at radius 3 is 2.44 bits per heavy atom. The van der Waals surface area contributed by atoms with E-state index in [9.17, 15) is 9.59 Å². The van der Waals surface area contributed by atoms with E-state index in [1.807, 2.05) is 0 Å². The van der Waals surface area contributed by atoms with Crippen molar-refractivity contribution in [1.29, 1.82) is 0 Å². The molecule has 2 aromatic heterocycles. The molecular formula is C20H10Cl2O4S. The third-order valence-electron chi connectivity index (χ3n) is 3.83. The SMILES string of the molecule is O=C(Oc1c(-c2ccc(Cl)cc2)oc2ccc(Cl)cc2c1=O)c1cccs1. The molecule has 0 aliphatic carbocycles. The van der Waals surface area contributed by atoms with E-state index in [-0.39, 0.29) is 16.9 Å². The van der Waals surface area contributed by atoms with Gasteiger partial charge in [0.05, 0.1) is 5.39 Å². The van der Waals surface area contributed by atoms with E-state index in [1.54, 1.807) is 53.9 Å². The average Bonchev–Trinajstić information content (AvgIpc) is 3.20. The summed E-state index contributed by atoms with van der Waals surface area (Å²) in [5.41, 5.74) is 0.418. The molecular weight excluding hydrogens is 407 g/mol. The van der Waals surface area contributed by atoms with E-state index in [0.29, 0.717) is 26.1 Å². The van der Waals surface area contributed by atoms with Gasteiger partial charge >= 0.3 is 5.97 Å². The van der Waals surface area contributed by atoms with Gasteiger partial charge in [-0.1, -0.05) is 29.3 Å². The molecule has 0 aliphatic rings. The molecule has 2 heterocycles. The first-order valence-corrected chi connectivity index (χ1v) is 9.44. The molecule has 27 heavy (non-hydrogen) atoms. The number of halogens is 2. The summed E-state index contributed by atoms with van der Waals surface area (Å²) in [6.07, 6.45) is 0. The van der Waals surface area contributed by atoms with Crippen LogP contribution in [0.3, 0.4) is 0 Å². The minimum Gasteiger partial charge on any atom is -0.452 e. The first-order valence-electron chi connectivity index (χ1n) is 7.81. The smallest absolute Gasteiger partial charge is 0.353 e. The lowest BCUT2D eigenvalue weighted by Gasteiger charge is -2.10. The molecule has 0 spiro atoms. The van der Waals surface area contributed by atoms with Crippen molar-refractivity contribution < 1.29 is 13.9 Å². The summed E-state index contributed by atoms with van der Waals surface area (Å²) in [6.45, 7) is 0.